The van der Waals surface area contributed by atoms with Gasteiger partial charge in [-0.1, -0.05) is 29.8 Å². The molecule has 2 aromatic rings. The van der Waals surface area contributed by atoms with Crippen molar-refractivity contribution in [3.05, 3.63) is 57.3 Å². The SMILES string of the molecule is Cc1cccc([C@@H](C)NCc2ccsc2C(=O)O)c1. The van der Waals surface area contributed by atoms with Gasteiger partial charge in [-0.2, -0.15) is 0 Å². The molecule has 4 heteroatoms. The molecule has 2 N–H and O–H groups in total. The minimum absolute atomic E-state index is 0.196. The molecule has 100 valence electrons. The Labute approximate surface area is 116 Å². The van der Waals surface area contributed by atoms with Crippen LogP contribution in [-0.4, -0.2) is 11.1 Å². The van der Waals surface area contributed by atoms with Gasteiger partial charge in [0.25, 0.3) is 0 Å². The molecule has 19 heavy (non-hydrogen) atoms. The van der Waals surface area contributed by atoms with Crippen molar-refractivity contribution in [1.82, 2.24) is 5.32 Å². The van der Waals surface area contributed by atoms with E-state index in [0.717, 1.165) is 5.56 Å². The Balaban J connectivity index is 2.02. The van der Waals surface area contributed by atoms with Gasteiger partial charge in [-0.15, -0.1) is 11.3 Å². The normalized spacial score (nSPS) is 12.3. The Bertz CT molecular complexity index is 577. The number of thiophene rings is 1. The van der Waals surface area contributed by atoms with Gasteiger partial charge in [0.1, 0.15) is 4.88 Å². The second kappa shape index (κ2) is 5.99. The largest absolute Gasteiger partial charge is 0.477 e. The van der Waals surface area contributed by atoms with Crippen LogP contribution >= 0.6 is 11.3 Å². The molecule has 0 amide bonds. The average Bonchev–Trinajstić information content (AvgIpc) is 2.84. The summed E-state index contributed by atoms with van der Waals surface area (Å²) in [6.07, 6.45) is 0. The van der Waals surface area contributed by atoms with Crippen molar-refractivity contribution in [2.75, 3.05) is 0 Å². The number of rotatable bonds is 5. The van der Waals surface area contributed by atoms with E-state index >= 15 is 0 Å². The molecule has 0 aliphatic rings. The van der Waals surface area contributed by atoms with Crippen molar-refractivity contribution in [1.29, 1.82) is 0 Å². The standard InChI is InChI=1S/C15H17NO2S/c1-10-4-3-5-12(8-10)11(2)16-9-13-6-7-19-14(13)15(17)18/h3-8,11,16H,9H2,1-2H3,(H,17,18)/t11-/m1/s1. The van der Waals surface area contributed by atoms with Gasteiger partial charge in [-0.3, -0.25) is 0 Å². The first-order valence-corrected chi connectivity index (χ1v) is 7.05. The molecule has 0 radical (unpaired) electrons. The van der Waals surface area contributed by atoms with E-state index in [4.69, 9.17) is 5.11 Å². The van der Waals surface area contributed by atoms with Gasteiger partial charge in [0.05, 0.1) is 0 Å². The number of benzene rings is 1. The fraction of sp³-hybridized carbons (Fsp3) is 0.267. The fourth-order valence-corrected chi connectivity index (χ4v) is 2.74. The molecule has 0 aliphatic carbocycles. The number of aryl methyl sites for hydroxylation is 1. The van der Waals surface area contributed by atoms with Crippen LogP contribution in [0.4, 0.5) is 0 Å². The monoisotopic (exact) mass is 275 g/mol. The Morgan fingerprint density at radius 1 is 1.42 bits per heavy atom. The van der Waals surface area contributed by atoms with Crippen molar-refractivity contribution in [2.45, 2.75) is 26.4 Å². The number of hydrogen-bond acceptors (Lipinski definition) is 3. The number of carboxylic acid groups (broad SMARTS) is 1. The molecule has 1 aromatic carbocycles. The predicted molar refractivity (Wildman–Crippen MR) is 77.7 cm³/mol. The van der Waals surface area contributed by atoms with E-state index in [1.165, 1.54) is 22.5 Å². The van der Waals surface area contributed by atoms with Crippen LogP contribution in [0.1, 0.15) is 39.3 Å². The number of aromatic carboxylic acids is 1. The summed E-state index contributed by atoms with van der Waals surface area (Å²) in [6, 6.07) is 10.4. The summed E-state index contributed by atoms with van der Waals surface area (Å²) < 4.78 is 0. The molecule has 0 aliphatic heterocycles. The lowest BCUT2D eigenvalue weighted by atomic mass is 10.1. The maximum atomic E-state index is 11.0. The van der Waals surface area contributed by atoms with E-state index in [-0.39, 0.29) is 6.04 Å². The van der Waals surface area contributed by atoms with Gasteiger partial charge < -0.3 is 10.4 Å². The summed E-state index contributed by atoms with van der Waals surface area (Å²) in [5.74, 6) is -0.852. The first-order valence-electron chi connectivity index (χ1n) is 6.17. The van der Waals surface area contributed by atoms with Crippen LogP contribution in [0.3, 0.4) is 0 Å². The lowest BCUT2D eigenvalue weighted by molar-refractivity contribution is 0.0701. The third-order valence-electron chi connectivity index (χ3n) is 3.08. The molecule has 1 aromatic heterocycles. The van der Waals surface area contributed by atoms with Crippen molar-refractivity contribution >= 4 is 17.3 Å². The van der Waals surface area contributed by atoms with Gasteiger partial charge in [0.15, 0.2) is 0 Å². The number of carboxylic acids is 1. The summed E-state index contributed by atoms with van der Waals surface area (Å²) in [7, 11) is 0. The van der Waals surface area contributed by atoms with Crippen molar-refractivity contribution < 1.29 is 9.90 Å². The number of hydrogen-bond donors (Lipinski definition) is 2. The summed E-state index contributed by atoms with van der Waals surface area (Å²) in [5.41, 5.74) is 3.29. The topological polar surface area (TPSA) is 49.3 Å². The first-order chi connectivity index (χ1) is 9.08. The second-order valence-electron chi connectivity index (χ2n) is 4.60. The van der Waals surface area contributed by atoms with Gasteiger partial charge in [-0.05, 0) is 36.4 Å². The third-order valence-corrected chi connectivity index (χ3v) is 4.03. The van der Waals surface area contributed by atoms with Gasteiger partial charge in [-0.25, -0.2) is 4.79 Å². The Kier molecular flexibility index (Phi) is 4.35. The molecule has 0 saturated heterocycles. The van der Waals surface area contributed by atoms with E-state index in [1.54, 1.807) is 0 Å². The van der Waals surface area contributed by atoms with Crippen LogP contribution in [0.5, 0.6) is 0 Å². The summed E-state index contributed by atoms with van der Waals surface area (Å²) >= 11 is 1.27. The van der Waals surface area contributed by atoms with Crippen LogP contribution in [0.25, 0.3) is 0 Å². The lowest BCUT2D eigenvalue weighted by Crippen LogP contribution is -2.19. The van der Waals surface area contributed by atoms with Crippen molar-refractivity contribution in [3.63, 3.8) is 0 Å². The van der Waals surface area contributed by atoms with Gasteiger partial charge in [0.2, 0.25) is 0 Å². The molecule has 0 bridgehead atoms. The Morgan fingerprint density at radius 3 is 2.89 bits per heavy atom. The van der Waals surface area contributed by atoms with E-state index < -0.39 is 5.97 Å². The molecule has 0 unspecified atom stereocenters. The van der Waals surface area contributed by atoms with Crippen LogP contribution in [0, 0.1) is 6.92 Å². The summed E-state index contributed by atoms with van der Waals surface area (Å²) in [5, 5.41) is 14.2. The van der Waals surface area contributed by atoms with Crippen LogP contribution in [-0.2, 0) is 6.54 Å². The number of nitrogens with one attached hydrogen (secondary N) is 1. The zero-order valence-electron chi connectivity index (χ0n) is 11.0. The van der Waals surface area contributed by atoms with E-state index in [9.17, 15) is 4.79 Å². The molecule has 0 fully saturated rings. The molecular formula is C15H17NO2S. The third kappa shape index (κ3) is 3.43. The zero-order valence-corrected chi connectivity index (χ0v) is 11.8. The lowest BCUT2D eigenvalue weighted by Gasteiger charge is -2.14. The Hall–Kier alpha value is -1.65. The molecule has 1 atom stereocenters. The maximum Gasteiger partial charge on any atom is 0.346 e. The van der Waals surface area contributed by atoms with Crippen molar-refractivity contribution in [2.24, 2.45) is 0 Å². The highest BCUT2D eigenvalue weighted by atomic mass is 32.1. The van der Waals surface area contributed by atoms with Crippen LogP contribution in [0.15, 0.2) is 35.7 Å². The van der Waals surface area contributed by atoms with Crippen LogP contribution < -0.4 is 5.32 Å². The second-order valence-corrected chi connectivity index (χ2v) is 5.51. The highest BCUT2D eigenvalue weighted by Gasteiger charge is 2.12. The van der Waals surface area contributed by atoms with E-state index in [1.807, 2.05) is 17.5 Å². The minimum atomic E-state index is -0.852. The maximum absolute atomic E-state index is 11.0. The minimum Gasteiger partial charge on any atom is -0.477 e. The highest BCUT2D eigenvalue weighted by molar-refractivity contribution is 7.12. The summed E-state index contributed by atoms with van der Waals surface area (Å²) in [4.78, 5) is 11.4. The average molecular weight is 275 g/mol. The smallest absolute Gasteiger partial charge is 0.346 e. The van der Waals surface area contributed by atoms with Gasteiger partial charge >= 0.3 is 5.97 Å². The number of carbonyl (C=O) groups is 1. The fourth-order valence-electron chi connectivity index (χ4n) is 1.98. The quantitative estimate of drug-likeness (QED) is 0.876. The molecule has 0 saturated carbocycles. The first kappa shape index (κ1) is 13.8. The summed E-state index contributed by atoms with van der Waals surface area (Å²) in [6.45, 7) is 4.72. The molecule has 1 heterocycles. The molecule has 3 nitrogen and oxygen atoms in total. The van der Waals surface area contributed by atoms with Crippen LogP contribution in [0.2, 0.25) is 0 Å². The zero-order chi connectivity index (χ0) is 13.8. The highest BCUT2D eigenvalue weighted by Crippen LogP contribution is 2.19. The molecular weight excluding hydrogens is 258 g/mol. The van der Waals surface area contributed by atoms with E-state index in [2.05, 4.69) is 37.4 Å². The Morgan fingerprint density at radius 2 is 2.21 bits per heavy atom. The molecule has 0 spiro atoms. The van der Waals surface area contributed by atoms with Crippen molar-refractivity contribution in [3.8, 4) is 0 Å². The predicted octanol–water partition coefficient (Wildman–Crippen LogP) is 3.61. The molecule has 2 rings (SSSR count). The van der Waals surface area contributed by atoms with E-state index in [0.29, 0.717) is 11.4 Å². The van der Waals surface area contributed by atoms with Gasteiger partial charge in [0, 0.05) is 12.6 Å².